The van der Waals surface area contributed by atoms with Gasteiger partial charge in [0.2, 0.25) is 23.6 Å². The fraction of sp³-hybridized carbons (Fsp3) is 0.500. The Balaban J connectivity index is 2.94. The van der Waals surface area contributed by atoms with Crippen molar-refractivity contribution in [3.8, 4) is 0 Å². The molecular weight excluding hydrogens is 462 g/mol. The van der Waals surface area contributed by atoms with Crippen molar-refractivity contribution in [2.24, 2.45) is 17.4 Å². The number of amides is 4. The summed E-state index contributed by atoms with van der Waals surface area (Å²) in [5, 5.41) is 16.9. The standard InChI is InChI=1S/C22H33N5O6S/c1-12(2)18(24)21(31)27-16(11-34)20(30)25-14(8-9-17(23)28)19(29)26-15(22(32)33)10-13-6-4-3-5-7-13/h3-7,12,14-16,18,34H,8-11,24H2,1-2H3,(H2,23,28)(H,25,30)(H,26,29)(H,27,31)(H,32,33). The molecule has 4 amide bonds. The molecule has 188 valence electrons. The molecule has 0 fully saturated rings. The second-order valence-corrected chi connectivity index (χ2v) is 8.53. The molecule has 0 saturated heterocycles. The Labute approximate surface area is 203 Å². The van der Waals surface area contributed by atoms with Gasteiger partial charge in [-0.3, -0.25) is 19.2 Å². The number of hydrogen-bond acceptors (Lipinski definition) is 7. The minimum absolute atomic E-state index is 0.0147. The van der Waals surface area contributed by atoms with Gasteiger partial charge in [0.05, 0.1) is 6.04 Å². The van der Waals surface area contributed by atoms with Crippen molar-refractivity contribution in [1.29, 1.82) is 0 Å². The van der Waals surface area contributed by atoms with Gasteiger partial charge in [-0.1, -0.05) is 44.2 Å². The first kappa shape index (κ1) is 28.9. The van der Waals surface area contributed by atoms with E-state index in [1.807, 2.05) is 0 Å². The first-order chi connectivity index (χ1) is 16.0. The Morgan fingerprint density at radius 2 is 1.44 bits per heavy atom. The molecule has 0 spiro atoms. The minimum Gasteiger partial charge on any atom is -0.480 e. The van der Waals surface area contributed by atoms with Crippen molar-refractivity contribution in [1.82, 2.24) is 16.0 Å². The lowest BCUT2D eigenvalue weighted by Crippen LogP contribution is -2.58. The fourth-order valence-electron chi connectivity index (χ4n) is 2.91. The Bertz CT molecular complexity index is 867. The molecule has 8 N–H and O–H groups in total. The SMILES string of the molecule is CC(C)C(N)C(=O)NC(CS)C(=O)NC(CCC(N)=O)C(=O)NC(Cc1ccccc1)C(=O)O. The van der Waals surface area contributed by atoms with Crippen LogP contribution in [0.25, 0.3) is 0 Å². The number of nitrogens with two attached hydrogens (primary N) is 2. The zero-order chi connectivity index (χ0) is 25.8. The van der Waals surface area contributed by atoms with E-state index in [9.17, 15) is 29.1 Å². The molecule has 4 atom stereocenters. The first-order valence-electron chi connectivity index (χ1n) is 10.8. The summed E-state index contributed by atoms with van der Waals surface area (Å²) in [6, 6.07) is 4.20. The molecule has 34 heavy (non-hydrogen) atoms. The van der Waals surface area contributed by atoms with E-state index in [0.717, 1.165) is 0 Å². The predicted octanol–water partition coefficient (Wildman–Crippen LogP) is -1.05. The highest BCUT2D eigenvalue weighted by Gasteiger charge is 2.30. The molecule has 0 radical (unpaired) electrons. The molecule has 0 aliphatic carbocycles. The number of carboxylic acids is 1. The van der Waals surface area contributed by atoms with Gasteiger partial charge in [0.1, 0.15) is 18.1 Å². The van der Waals surface area contributed by atoms with Gasteiger partial charge in [-0.15, -0.1) is 0 Å². The van der Waals surface area contributed by atoms with Crippen LogP contribution in [0.3, 0.4) is 0 Å². The number of aliphatic carboxylic acids is 1. The number of rotatable bonds is 14. The van der Waals surface area contributed by atoms with E-state index >= 15 is 0 Å². The number of hydrogen-bond donors (Lipinski definition) is 7. The highest BCUT2D eigenvalue weighted by molar-refractivity contribution is 7.80. The van der Waals surface area contributed by atoms with Crippen molar-refractivity contribution in [2.45, 2.75) is 57.3 Å². The van der Waals surface area contributed by atoms with E-state index in [0.29, 0.717) is 5.56 Å². The van der Waals surface area contributed by atoms with Crippen molar-refractivity contribution in [3.05, 3.63) is 35.9 Å². The summed E-state index contributed by atoms with van der Waals surface area (Å²) in [6.07, 6.45) is -0.380. The summed E-state index contributed by atoms with van der Waals surface area (Å²) in [5.74, 6) is -4.32. The molecule has 12 heteroatoms. The smallest absolute Gasteiger partial charge is 0.326 e. The Morgan fingerprint density at radius 1 is 0.912 bits per heavy atom. The van der Waals surface area contributed by atoms with E-state index in [4.69, 9.17) is 11.5 Å². The number of primary amides is 1. The van der Waals surface area contributed by atoms with Crippen LogP contribution < -0.4 is 27.4 Å². The van der Waals surface area contributed by atoms with E-state index in [2.05, 4.69) is 28.6 Å². The predicted molar refractivity (Wildman–Crippen MR) is 129 cm³/mol. The lowest BCUT2D eigenvalue weighted by molar-refractivity contribution is -0.142. The maximum Gasteiger partial charge on any atom is 0.326 e. The molecule has 0 aliphatic rings. The first-order valence-corrected chi connectivity index (χ1v) is 11.4. The molecule has 1 aromatic carbocycles. The summed E-state index contributed by atoms with van der Waals surface area (Å²) < 4.78 is 0. The van der Waals surface area contributed by atoms with Gasteiger partial charge in [-0.25, -0.2) is 4.79 Å². The number of carboxylic acid groups (broad SMARTS) is 1. The summed E-state index contributed by atoms with van der Waals surface area (Å²) in [4.78, 5) is 60.8. The summed E-state index contributed by atoms with van der Waals surface area (Å²) in [7, 11) is 0. The van der Waals surface area contributed by atoms with Gasteiger partial charge in [0.25, 0.3) is 0 Å². The van der Waals surface area contributed by atoms with E-state index in [1.54, 1.807) is 44.2 Å². The van der Waals surface area contributed by atoms with Gasteiger partial charge < -0.3 is 32.5 Å². The van der Waals surface area contributed by atoms with Gasteiger partial charge >= 0.3 is 5.97 Å². The zero-order valence-corrected chi connectivity index (χ0v) is 20.1. The van der Waals surface area contributed by atoms with Crippen LogP contribution in [0.1, 0.15) is 32.3 Å². The number of thiol groups is 1. The maximum absolute atomic E-state index is 12.9. The largest absolute Gasteiger partial charge is 0.480 e. The highest BCUT2D eigenvalue weighted by Crippen LogP contribution is 2.06. The van der Waals surface area contributed by atoms with Crippen LogP contribution >= 0.6 is 12.6 Å². The van der Waals surface area contributed by atoms with E-state index in [-0.39, 0.29) is 30.9 Å². The minimum atomic E-state index is -1.27. The fourth-order valence-corrected chi connectivity index (χ4v) is 3.17. The van der Waals surface area contributed by atoms with Crippen LogP contribution in [-0.2, 0) is 30.4 Å². The van der Waals surface area contributed by atoms with Crippen LogP contribution in [0.5, 0.6) is 0 Å². The number of nitrogens with one attached hydrogen (secondary N) is 3. The van der Waals surface area contributed by atoms with Crippen LogP contribution in [0.4, 0.5) is 0 Å². The normalized spacial score (nSPS) is 14.4. The zero-order valence-electron chi connectivity index (χ0n) is 19.2. The van der Waals surface area contributed by atoms with Crippen molar-refractivity contribution in [2.75, 3.05) is 5.75 Å². The molecule has 0 saturated carbocycles. The van der Waals surface area contributed by atoms with Crippen LogP contribution in [0.15, 0.2) is 30.3 Å². The molecule has 11 nitrogen and oxygen atoms in total. The Morgan fingerprint density at radius 3 is 1.94 bits per heavy atom. The third kappa shape index (κ3) is 9.79. The van der Waals surface area contributed by atoms with E-state index < -0.39 is 53.8 Å². The monoisotopic (exact) mass is 495 g/mol. The second kappa shape index (κ2) is 14.2. The van der Waals surface area contributed by atoms with Crippen LogP contribution in [-0.4, -0.2) is 64.6 Å². The molecular formula is C22H33N5O6S. The van der Waals surface area contributed by atoms with Gasteiger partial charge in [-0.2, -0.15) is 12.6 Å². The van der Waals surface area contributed by atoms with Crippen LogP contribution in [0.2, 0.25) is 0 Å². The molecule has 1 aromatic rings. The van der Waals surface area contributed by atoms with Gasteiger partial charge in [0.15, 0.2) is 0 Å². The molecule has 4 unspecified atom stereocenters. The molecule has 0 aromatic heterocycles. The Hall–Kier alpha value is -3.12. The summed E-state index contributed by atoms with van der Waals surface area (Å²) in [6.45, 7) is 3.50. The average molecular weight is 496 g/mol. The lowest BCUT2D eigenvalue weighted by Gasteiger charge is -2.25. The van der Waals surface area contributed by atoms with Crippen molar-refractivity contribution < 1.29 is 29.1 Å². The van der Waals surface area contributed by atoms with Crippen molar-refractivity contribution in [3.63, 3.8) is 0 Å². The third-order valence-corrected chi connectivity index (χ3v) is 5.41. The van der Waals surface area contributed by atoms with Crippen LogP contribution in [0, 0.1) is 5.92 Å². The molecule has 0 aliphatic heterocycles. The lowest BCUT2D eigenvalue weighted by atomic mass is 10.0. The number of carbonyl (C=O) groups is 5. The Kier molecular flexibility index (Phi) is 12.1. The molecule has 1 rings (SSSR count). The second-order valence-electron chi connectivity index (χ2n) is 8.17. The highest BCUT2D eigenvalue weighted by atomic mass is 32.1. The average Bonchev–Trinajstić information content (AvgIpc) is 2.78. The van der Waals surface area contributed by atoms with Crippen molar-refractivity contribution >= 4 is 42.2 Å². The number of carbonyl (C=O) groups excluding carboxylic acids is 4. The van der Waals surface area contributed by atoms with Gasteiger partial charge in [-0.05, 0) is 17.9 Å². The topological polar surface area (TPSA) is 194 Å². The number of benzene rings is 1. The maximum atomic E-state index is 12.9. The van der Waals surface area contributed by atoms with E-state index in [1.165, 1.54) is 0 Å². The molecule has 0 heterocycles. The van der Waals surface area contributed by atoms with Gasteiger partial charge in [0, 0.05) is 18.6 Å². The summed E-state index contributed by atoms with van der Waals surface area (Å²) in [5.41, 5.74) is 11.7. The third-order valence-electron chi connectivity index (χ3n) is 5.05. The quantitative estimate of drug-likeness (QED) is 0.160. The summed E-state index contributed by atoms with van der Waals surface area (Å²) >= 11 is 4.08. The molecule has 0 bridgehead atoms.